The molecule has 23 heavy (non-hydrogen) atoms. The second-order valence-corrected chi connectivity index (χ2v) is 8.44. The van der Waals surface area contributed by atoms with Gasteiger partial charge in [-0.1, -0.05) is 20.8 Å². The standard InChI is InChI=1S/C18H29N5/c1-11-14-8-12(18(14,2)3)9-15(11)21-17-20-6-4-16(22-17)23-7-5-13(19)10-23/h4,6,11-15H,5,7-10,19H2,1-3H3,(H,20,21,22)/t11-,12+,13-,14+,15+/m1/s1. The summed E-state index contributed by atoms with van der Waals surface area (Å²) in [6, 6.07) is 2.77. The third-order valence-corrected chi connectivity index (χ3v) is 6.86. The summed E-state index contributed by atoms with van der Waals surface area (Å²) in [6.45, 7) is 9.16. The molecule has 5 nitrogen and oxygen atoms in total. The van der Waals surface area contributed by atoms with Gasteiger partial charge in [0.1, 0.15) is 5.82 Å². The molecule has 1 aliphatic heterocycles. The van der Waals surface area contributed by atoms with Gasteiger partial charge in [-0.3, -0.25) is 0 Å². The first kappa shape index (κ1) is 15.2. The average molecular weight is 315 g/mol. The number of nitrogens with one attached hydrogen (secondary N) is 1. The molecule has 0 amide bonds. The molecule has 5 heteroatoms. The lowest BCUT2D eigenvalue weighted by molar-refractivity contribution is -0.105. The zero-order chi connectivity index (χ0) is 16.2. The number of fused-ring (bicyclic) bond motifs is 2. The molecule has 1 aromatic rings. The van der Waals surface area contributed by atoms with Gasteiger partial charge < -0.3 is 16.0 Å². The molecule has 126 valence electrons. The summed E-state index contributed by atoms with van der Waals surface area (Å²) in [4.78, 5) is 11.5. The lowest BCUT2D eigenvalue weighted by Crippen LogP contribution is -2.58. The van der Waals surface area contributed by atoms with Gasteiger partial charge >= 0.3 is 0 Å². The van der Waals surface area contributed by atoms with Crippen LogP contribution in [0, 0.1) is 23.2 Å². The van der Waals surface area contributed by atoms with Gasteiger partial charge in [0.2, 0.25) is 5.95 Å². The molecule has 2 heterocycles. The van der Waals surface area contributed by atoms with Crippen molar-refractivity contribution in [1.82, 2.24) is 9.97 Å². The first-order chi connectivity index (χ1) is 10.9. The highest BCUT2D eigenvalue weighted by atomic mass is 15.3. The minimum absolute atomic E-state index is 0.272. The van der Waals surface area contributed by atoms with Gasteiger partial charge in [-0.05, 0) is 48.5 Å². The van der Waals surface area contributed by atoms with Gasteiger partial charge in [-0.25, -0.2) is 4.98 Å². The van der Waals surface area contributed by atoms with Gasteiger partial charge in [0.25, 0.3) is 0 Å². The highest BCUT2D eigenvalue weighted by Crippen LogP contribution is 2.61. The van der Waals surface area contributed by atoms with Crippen molar-refractivity contribution in [2.45, 2.75) is 52.1 Å². The summed E-state index contributed by atoms with van der Waals surface area (Å²) in [5, 5.41) is 3.62. The van der Waals surface area contributed by atoms with E-state index in [0.717, 1.165) is 43.1 Å². The van der Waals surface area contributed by atoms with Gasteiger partial charge in [0.15, 0.2) is 0 Å². The predicted octanol–water partition coefficient (Wildman–Crippen LogP) is 2.50. The van der Waals surface area contributed by atoms with Crippen LogP contribution in [0.5, 0.6) is 0 Å². The molecule has 4 aliphatic rings. The van der Waals surface area contributed by atoms with Crippen molar-refractivity contribution in [2.24, 2.45) is 28.9 Å². The molecule has 3 N–H and O–H groups in total. The molecule has 1 aromatic heterocycles. The van der Waals surface area contributed by atoms with Crippen molar-refractivity contribution in [2.75, 3.05) is 23.3 Å². The van der Waals surface area contributed by atoms with E-state index in [-0.39, 0.29) is 6.04 Å². The second-order valence-electron chi connectivity index (χ2n) is 8.44. The fourth-order valence-corrected chi connectivity index (χ4v) is 5.10. The highest BCUT2D eigenvalue weighted by Gasteiger charge is 2.56. The quantitative estimate of drug-likeness (QED) is 0.897. The van der Waals surface area contributed by atoms with Gasteiger partial charge in [0.05, 0.1) is 0 Å². The van der Waals surface area contributed by atoms with Crippen LogP contribution in [-0.2, 0) is 0 Å². The SMILES string of the molecule is C[C@H]1[C@@H](Nc2nccc(N3CC[C@@H](N)C3)n2)C[C@@H]2C[C@@H]1C2(C)C. The third-order valence-electron chi connectivity index (χ3n) is 6.86. The van der Waals surface area contributed by atoms with E-state index >= 15 is 0 Å². The fourth-order valence-electron chi connectivity index (χ4n) is 5.10. The smallest absolute Gasteiger partial charge is 0.224 e. The molecule has 0 aromatic carbocycles. The Morgan fingerprint density at radius 1 is 1.35 bits per heavy atom. The Morgan fingerprint density at radius 3 is 2.83 bits per heavy atom. The zero-order valence-electron chi connectivity index (χ0n) is 14.5. The summed E-state index contributed by atoms with van der Waals surface area (Å²) in [7, 11) is 0. The molecule has 0 radical (unpaired) electrons. The molecule has 0 spiro atoms. The van der Waals surface area contributed by atoms with E-state index in [4.69, 9.17) is 10.7 Å². The van der Waals surface area contributed by atoms with Crippen molar-refractivity contribution in [3.05, 3.63) is 12.3 Å². The topological polar surface area (TPSA) is 67.1 Å². The van der Waals surface area contributed by atoms with E-state index in [1.165, 1.54) is 12.8 Å². The van der Waals surface area contributed by atoms with Crippen LogP contribution in [0.1, 0.15) is 40.0 Å². The molecule has 3 aliphatic carbocycles. The number of nitrogens with two attached hydrogens (primary N) is 1. The normalized spacial score (nSPS) is 38.3. The first-order valence-electron chi connectivity index (χ1n) is 9.05. The molecule has 1 saturated heterocycles. The number of hydrogen-bond donors (Lipinski definition) is 2. The summed E-state index contributed by atoms with van der Waals surface area (Å²) < 4.78 is 0. The van der Waals surface area contributed by atoms with Gasteiger partial charge in [0, 0.05) is 31.4 Å². The average Bonchev–Trinajstić information content (AvgIpc) is 2.95. The van der Waals surface area contributed by atoms with Crippen molar-refractivity contribution in [3.8, 4) is 0 Å². The fraction of sp³-hybridized carbons (Fsp3) is 0.778. The van der Waals surface area contributed by atoms with E-state index in [9.17, 15) is 0 Å². The summed E-state index contributed by atoms with van der Waals surface area (Å²) in [5.74, 6) is 4.14. The van der Waals surface area contributed by atoms with Crippen molar-refractivity contribution >= 4 is 11.8 Å². The maximum atomic E-state index is 6.01. The van der Waals surface area contributed by atoms with Gasteiger partial charge in [-0.2, -0.15) is 4.98 Å². The van der Waals surface area contributed by atoms with Crippen LogP contribution in [0.25, 0.3) is 0 Å². The minimum Gasteiger partial charge on any atom is -0.355 e. The predicted molar refractivity (Wildman–Crippen MR) is 93.4 cm³/mol. The Hall–Kier alpha value is -1.36. The molecule has 5 rings (SSSR count). The Kier molecular flexibility index (Phi) is 3.52. The Bertz CT molecular complexity index is 587. The maximum absolute atomic E-state index is 6.01. The Labute approximate surface area is 139 Å². The second kappa shape index (κ2) is 5.33. The zero-order valence-corrected chi connectivity index (χ0v) is 14.5. The van der Waals surface area contributed by atoms with E-state index in [0.29, 0.717) is 17.4 Å². The lowest BCUT2D eigenvalue weighted by atomic mass is 9.45. The van der Waals surface area contributed by atoms with Crippen molar-refractivity contribution in [1.29, 1.82) is 0 Å². The molecule has 5 atom stereocenters. The van der Waals surface area contributed by atoms with Crippen LogP contribution >= 0.6 is 0 Å². The maximum Gasteiger partial charge on any atom is 0.224 e. The third kappa shape index (κ3) is 2.49. The largest absolute Gasteiger partial charge is 0.355 e. The highest BCUT2D eigenvalue weighted by molar-refractivity contribution is 5.44. The molecule has 2 bridgehead atoms. The van der Waals surface area contributed by atoms with Gasteiger partial charge in [-0.15, -0.1) is 0 Å². The first-order valence-corrected chi connectivity index (χ1v) is 9.05. The van der Waals surface area contributed by atoms with E-state index in [1.807, 2.05) is 12.3 Å². The molecule has 4 fully saturated rings. The van der Waals surface area contributed by atoms with E-state index in [1.54, 1.807) is 0 Å². The van der Waals surface area contributed by atoms with Crippen LogP contribution < -0.4 is 16.0 Å². The van der Waals surface area contributed by atoms with Crippen LogP contribution in [0.4, 0.5) is 11.8 Å². The number of aromatic nitrogens is 2. The number of hydrogen-bond acceptors (Lipinski definition) is 5. The number of rotatable bonds is 3. The summed E-state index contributed by atoms with van der Waals surface area (Å²) in [6.07, 6.45) is 5.56. The van der Waals surface area contributed by atoms with Crippen LogP contribution in [-0.4, -0.2) is 35.1 Å². The van der Waals surface area contributed by atoms with Crippen LogP contribution in [0.3, 0.4) is 0 Å². The summed E-state index contributed by atoms with van der Waals surface area (Å²) in [5.41, 5.74) is 6.53. The minimum atomic E-state index is 0.272. The molecular formula is C18H29N5. The Morgan fingerprint density at radius 2 is 2.17 bits per heavy atom. The van der Waals surface area contributed by atoms with Crippen molar-refractivity contribution < 1.29 is 0 Å². The van der Waals surface area contributed by atoms with Crippen molar-refractivity contribution in [3.63, 3.8) is 0 Å². The molecule has 3 saturated carbocycles. The lowest BCUT2D eigenvalue weighted by Gasteiger charge is -2.62. The van der Waals surface area contributed by atoms with Crippen LogP contribution in [0.15, 0.2) is 12.3 Å². The van der Waals surface area contributed by atoms with E-state index < -0.39 is 0 Å². The summed E-state index contributed by atoms with van der Waals surface area (Å²) >= 11 is 0. The Balaban J connectivity index is 1.46. The number of nitrogens with zero attached hydrogens (tertiary/aromatic N) is 3. The molecule has 0 unspecified atom stereocenters. The van der Waals surface area contributed by atoms with Crippen LogP contribution in [0.2, 0.25) is 0 Å². The van der Waals surface area contributed by atoms with E-state index in [2.05, 4.69) is 36.0 Å². The number of anilines is 2. The molecular weight excluding hydrogens is 286 g/mol. The monoisotopic (exact) mass is 315 g/mol.